The second kappa shape index (κ2) is 10.7. The number of nitrogens with zero attached hydrogens (tertiary/aromatic N) is 2. The minimum Gasteiger partial charge on any atom is -0.484 e. The van der Waals surface area contributed by atoms with Crippen molar-refractivity contribution < 1.29 is 18.7 Å². The molecular formula is C27H35FN2O3. The SMILES string of the molecule is CN(CCc1ccccc1)[C@H]1C[C@@]2(CCCO2)CC[C@@H]1N(C)C(=O)COc1ccc(F)cc1. The van der Waals surface area contributed by atoms with Gasteiger partial charge in [-0.1, -0.05) is 30.3 Å². The third-order valence-electron chi connectivity index (χ3n) is 7.33. The lowest BCUT2D eigenvalue weighted by molar-refractivity contribution is -0.139. The van der Waals surface area contributed by atoms with Crippen LogP contribution < -0.4 is 4.74 Å². The van der Waals surface area contributed by atoms with Crippen LogP contribution in [0.5, 0.6) is 5.75 Å². The summed E-state index contributed by atoms with van der Waals surface area (Å²) in [4.78, 5) is 17.3. The Morgan fingerprint density at radius 3 is 2.55 bits per heavy atom. The van der Waals surface area contributed by atoms with Gasteiger partial charge in [0, 0.05) is 32.3 Å². The molecule has 5 nitrogen and oxygen atoms in total. The molecule has 1 aliphatic carbocycles. The van der Waals surface area contributed by atoms with Gasteiger partial charge in [0.05, 0.1) is 5.60 Å². The molecule has 1 amide bonds. The molecule has 1 aliphatic heterocycles. The molecule has 6 heteroatoms. The van der Waals surface area contributed by atoms with Crippen LogP contribution in [-0.2, 0) is 16.0 Å². The summed E-state index contributed by atoms with van der Waals surface area (Å²) in [5.41, 5.74) is 1.28. The predicted molar refractivity (Wildman–Crippen MR) is 127 cm³/mol. The first-order valence-electron chi connectivity index (χ1n) is 12.0. The van der Waals surface area contributed by atoms with Crippen molar-refractivity contribution in [3.63, 3.8) is 0 Å². The molecule has 0 unspecified atom stereocenters. The average molecular weight is 455 g/mol. The van der Waals surface area contributed by atoms with Gasteiger partial charge in [0.1, 0.15) is 11.6 Å². The van der Waals surface area contributed by atoms with Gasteiger partial charge < -0.3 is 19.3 Å². The summed E-state index contributed by atoms with van der Waals surface area (Å²) in [5.74, 6) is 0.114. The van der Waals surface area contributed by atoms with Crippen LogP contribution in [0.25, 0.3) is 0 Å². The van der Waals surface area contributed by atoms with Crippen molar-refractivity contribution in [2.75, 3.05) is 33.9 Å². The molecule has 0 aromatic heterocycles. The maximum absolute atomic E-state index is 13.1. The van der Waals surface area contributed by atoms with Crippen LogP contribution >= 0.6 is 0 Å². The van der Waals surface area contributed by atoms with Gasteiger partial charge in [-0.2, -0.15) is 0 Å². The summed E-state index contributed by atoms with van der Waals surface area (Å²) in [5, 5.41) is 0. The molecule has 3 atom stereocenters. The maximum atomic E-state index is 13.1. The van der Waals surface area contributed by atoms with E-state index in [1.807, 2.05) is 18.0 Å². The van der Waals surface area contributed by atoms with Crippen LogP contribution in [0.2, 0.25) is 0 Å². The lowest BCUT2D eigenvalue weighted by Crippen LogP contribution is -2.58. The lowest BCUT2D eigenvalue weighted by atomic mass is 9.76. The van der Waals surface area contributed by atoms with Crippen molar-refractivity contribution in [2.24, 2.45) is 0 Å². The zero-order chi connectivity index (χ0) is 23.3. The number of likely N-dealkylation sites (N-methyl/N-ethyl adjacent to an activating group) is 2. The van der Waals surface area contributed by atoms with E-state index in [4.69, 9.17) is 9.47 Å². The Bertz CT molecular complexity index is 899. The number of halogens is 1. The first-order valence-corrected chi connectivity index (χ1v) is 12.0. The molecule has 0 N–H and O–H groups in total. The zero-order valence-corrected chi connectivity index (χ0v) is 19.7. The summed E-state index contributed by atoms with van der Waals surface area (Å²) < 4.78 is 25.0. The van der Waals surface area contributed by atoms with E-state index in [1.165, 1.54) is 17.7 Å². The molecule has 2 fully saturated rings. The van der Waals surface area contributed by atoms with Crippen molar-refractivity contribution >= 4 is 5.91 Å². The Morgan fingerprint density at radius 1 is 1.09 bits per heavy atom. The van der Waals surface area contributed by atoms with Gasteiger partial charge in [-0.15, -0.1) is 0 Å². The Kier molecular flexibility index (Phi) is 7.66. The fourth-order valence-corrected chi connectivity index (χ4v) is 5.32. The van der Waals surface area contributed by atoms with E-state index in [0.717, 1.165) is 51.7 Å². The van der Waals surface area contributed by atoms with Crippen molar-refractivity contribution in [1.29, 1.82) is 0 Å². The molecule has 0 radical (unpaired) electrons. The Morgan fingerprint density at radius 2 is 1.85 bits per heavy atom. The Labute approximate surface area is 196 Å². The normalized spacial score (nSPS) is 24.8. The molecule has 2 aromatic carbocycles. The monoisotopic (exact) mass is 454 g/mol. The second-order valence-electron chi connectivity index (χ2n) is 9.48. The fourth-order valence-electron chi connectivity index (χ4n) is 5.32. The van der Waals surface area contributed by atoms with Gasteiger partial charge in [0.25, 0.3) is 5.91 Å². The Hall–Kier alpha value is -2.44. The number of carbonyl (C=O) groups excluding carboxylic acids is 1. The molecule has 2 aromatic rings. The summed E-state index contributed by atoms with van der Waals surface area (Å²) in [6.45, 7) is 1.71. The molecule has 0 bridgehead atoms. The van der Waals surface area contributed by atoms with Crippen LogP contribution in [0.4, 0.5) is 4.39 Å². The summed E-state index contributed by atoms with van der Waals surface area (Å²) in [7, 11) is 4.05. The van der Waals surface area contributed by atoms with Crippen LogP contribution in [-0.4, -0.2) is 67.2 Å². The molecular weight excluding hydrogens is 419 g/mol. The molecule has 2 aliphatic rings. The number of ether oxygens (including phenoxy) is 2. The van der Waals surface area contributed by atoms with Crippen molar-refractivity contribution in [3.05, 3.63) is 66.0 Å². The fraction of sp³-hybridized carbons (Fsp3) is 0.519. The topological polar surface area (TPSA) is 42.0 Å². The number of hydrogen-bond acceptors (Lipinski definition) is 4. The standard InChI is InChI=1S/C27H35FN2O3/c1-29(17-14-21-7-4-3-5-8-21)25-19-27(15-6-18-33-27)16-13-24(25)30(2)26(31)20-32-23-11-9-22(28)10-12-23/h3-5,7-12,24-25H,6,13-20H2,1-2H3/t24-,25-,27+/m0/s1. The van der Waals surface area contributed by atoms with Gasteiger partial charge in [-0.05, 0) is 75.4 Å². The number of rotatable bonds is 8. The quantitative estimate of drug-likeness (QED) is 0.596. The van der Waals surface area contributed by atoms with Crippen molar-refractivity contribution in [1.82, 2.24) is 9.80 Å². The van der Waals surface area contributed by atoms with Gasteiger partial charge in [-0.3, -0.25) is 4.79 Å². The summed E-state index contributed by atoms with van der Waals surface area (Å²) >= 11 is 0. The van der Waals surface area contributed by atoms with E-state index in [1.54, 1.807) is 12.1 Å². The third kappa shape index (κ3) is 5.92. The summed E-state index contributed by atoms with van der Waals surface area (Å²) in [6.07, 6.45) is 6.04. The van der Waals surface area contributed by atoms with Gasteiger partial charge in [0.15, 0.2) is 6.61 Å². The smallest absolute Gasteiger partial charge is 0.260 e. The zero-order valence-electron chi connectivity index (χ0n) is 19.7. The van der Waals surface area contributed by atoms with Gasteiger partial charge in [-0.25, -0.2) is 4.39 Å². The minimum atomic E-state index is -0.322. The molecule has 1 saturated heterocycles. The highest BCUT2D eigenvalue weighted by atomic mass is 19.1. The Balaban J connectivity index is 1.41. The van der Waals surface area contributed by atoms with Gasteiger partial charge >= 0.3 is 0 Å². The minimum absolute atomic E-state index is 0.0450. The van der Waals surface area contributed by atoms with E-state index in [-0.39, 0.29) is 36.0 Å². The molecule has 1 spiro atoms. The highest BCUT2D eigenvalue weighted by Crippen LogP contribution is 2.42. The molecule has 1 saturated carbocycles. The van der Waals surface area contributed by atoms with E-state index in [0.29, 0.717) is 5.75 Å². The molecule has 178 valence electrons. The summed E-state index contributed by atoms with van der Waals surface area (Å²) in [6, 6.07) is 16.6. The predicted octanol–water partition coefficient (Wildman–Crippen LogP) is 4.31. The second-order valence-corrected chi connectivity index (χ2v) is 9.48. The number of benzene rings is 2. The lowest BCUT2D eigenvalue weighted by Gasteiger charge is -2.48. The van der Waals surface area contributed by atoms with Crippen molar-refractivity contribution in [3.8, 4) is 5.75 Å². The first kappa shape index (κ1) is 23.7. The first-order chi connectivity index (χ1) is 16.0. The van der Waals surface area contributed by atoms with Crippen LogP contribution in [0, 0.1) is 5.82 Å². The molecule has 4 rings (SSSR count). The van der Waals surface area contributed by atoms with E-state index < -0.39 is 0 Å². The number of amides is 1. The van der Waals surface area contributed by atoms with Crippen molar-refractivity contribution in [2.45, 2.75) is 56.2 Å². The number of hydrogen-bond donors (Lipinski definition) is 0. The van der Waals surface area contributed by atoms with Crippen LogP contribution in [0.15, 0.2) is 54.6 Å². The molecule has 33 heavy (non-hydrogen) atoms. The highest BCUT2D eigenvalue weighted by Gasteiger charge is 2.46. The third-order valence-corrected chi connectivity index (χ3v) is 7.33. The average Bonchev–Trinajstić information content (AvgIpc) is 3.29. The van der Waals surface area contributed by atoms with Crippen LogP contribution in [0.1, 0.15) is 37.7 Å². The largest absolute Gasteiger partial charge is 0.484 e. The van der Waals surface area contributed by atoms with E-state index >= 15 is 0 Å². The maximum Gasteiger partial charge on any atom is 0.260 e. The molecule has 1 heterocycles. The van der Waals surface area contributed by atoms with Crippen LogP contribution in [0.3, 0.4) is 0 Å². The highest BCUT2D eigenvalue weighted by molar-refractivity contribution is 5.78. The van der Waals surface area contributed by atoms with E-state index in [2.05, 4.69) is 36.2 Å². The van der Waals surface area contributed by atoms with E-state index in [9.17, 15) is 9.18 Å². The van der Waals surface area contributed by atoms with Gasteiger partial charge in [0.2, 0.25) is 0 Å². The number of carbonyl (C=O) groups is 1.